The van der Waals surface area contributed by atoms with E-state index in [0.717, 1.165) is 31.4 Å². The highest BCUT2D eigenvalue weighted by molar-refractivity contribution is 5.41. The molecule has 0 bridgehead atoms. The third-order valence-electron chi connectivity index (χ3n) is 3.95. The molecule has 0 spiro atoms. The number of nitrogens with zero attached hydrogens (tertiary/aromatic N) is 1. The van der Waals surface area contributed by atoms with Gasteiger partial charge >= 0.3 is 0 Å². The third-order valence-corrected chi connectivity index (χ3v) is 3.95. The van der Waals surface area contributed by atoms with Crippen molar-refractivity contribution in [3.8, 4) is 6.07 Å². The van der Waals surface area contributed by atoms with Crippen LogP contribution in [0.2, 0.25) is 0 Å². The van der Waals surface area contributed by atoms with Crippen molar-refractivity contribution >= 4 is 0 Å². The number of nitrogens with one attached hydrogen (secondary N) is 1. The minimum atomic E-state index is 0.309. The van der Waals surface area contributed by atoms with Crippen molar-refractivity contribution in [2.45, 2.75) is 25.3 Å². The fourth-order valence-corrected chi connectivity index (χ4v) is 2.91. The smallest absolute Gasteiger partial charge is 0.0991 e. The van der Waals surface area contributed by atoms with E-state index in [1.807, 2.05) is 12.1 Å². The van der Waals surface area contributed by atoms with Crippen LogP contribution in [-0.4, -0.2) is 6.54 Å². The predicted octanol–water partition coefficient (Wildman–Crippen LogP) is 3.38. The minimum absolute atomic E-state index is 0.309. The maximum Gasteiger partial charge on any atom is 0.0991 e. The first-order valence-electron chi connectivity index (χ1n) is 7.17. The van der Waals surface area contributed by atoms with Crippen molar-refractivity contribution in [2.75, 3.05) is 6.54 Å². The molecule has 20 heavy (non-hydrogen) atoms. The number of rotatable bonds is 2. The van der Waals surface area contributed by atoms with Crippen molar-refractivity contribution in [2.24, 2.45) is 0 Å². The lowest BCUT2D eigenvalue weighted by Crippen LogP contribution is -2.23. The first-order chi connectivity index (χ1) is 9.86. The van der Waals surface area contributed by atoms with Crippen LogP contribution in [0, 0.1) is 11.3 Å². The first kappa shape index (κ1) is 12.9. The van der Waals surface area contributed by atoms with Gasteiger partial charge in [0.05, 0.1) is 11.6 Å². The second-order valence-electron chi connectivity index (χ2n) is 5.33. The lowest BCUT2D eigenvalue weighted by molar-refractivity contribution is 0.540. The molecule has 0 saturated heterocycles. The fraction of sp³-hybridized carbons (Fsp3) is 0.278. The monoisotopic (exact) mass is 262 g/mol. The van der Waals surface area contributed by atoms with Crippen LogP contribution in [0.1, 0.15) is 34.7 Å². The molecule has 1 aliphatic rings. The number of fused-ring (bicyclic) bond motifs is 1. The second-order valence-corrected chi connectivity index (χ2v) is 5.33. The number of hydrogen-bond acceptors (Lipinski definition) is 2. The van der Waals surface area contributed by atoms with Gasteiger partial charge in [-0.25, -0.2) is 0 Å². The number of aryl methyl sites for hydroxylation is 1. The van der Waals surface area contributed by atoms with Crippen molar-refractivity contribution in [1.82, 2.24) is 5.32 Å². The maximum absolute atomic E-state index is 9.12. The summed E-state index contributed by atoms with van der Waals surface area (Å²) in [5.41, 5.74) is 4.77. The van der Waals surface area contributed by atoms with Gasteiger partial charge in [0.25, 0.3) is 0 Å². The average molecular weight is 262 g/mol. The lowest BCUT2D eigenvalue weighted by atomic mass is 9.93. The normalized spacial score (nSPS) is 17.9. The molecule has 0 aromatic heterocycles. The third kappa shape index (κ3) is 2.74. The summed E-state index contributed by atoms with van der Waals surface area (Å²) >= 11 is 0. The summed E-state index contributed by atoms with van der Waals surface area (Å²) in [6, 6.07) is 19.2. The molecule has 0 aliphatic carbocycles. The van der Waals surface area contributed by atoms with Gasteiger partial charge in [0, 0.05) is 6.04 Å². The highest BCUT2D eigenvalue weighted by Crippen LogP contribution is 2.26. The molecule has 0 saturated carbocycles. The van der Waals surface area contributed by atoms with Gasteiger partial charge in [0.2, 0.25) is 0 Å². The van der Waals surface area contributed by atoms with E-state index in [4.69, 9.17) is 5.26 Å². The van der Waals surface area contributed by atoms with Gasteiger partial charge in [-0.15, -0.1) is 0 Å². The highest BCUT2D eigenvalue weighted by atomic mass is 14.9. The van der Waals surface area contributed by atoms with E-state index in [9.17, 15) is 0 Å². The number of nitriles is 1. The molecule has 0 amide bonds. The van der Waals surface area contributed by atoms with Gasteiger partial charge in [-0.3, -0.25) is 0 Å². The summed E-state index contributed by atoms with van der Waals surface area (Å²) in [6.07, 6.45) is 3.23. The van der Waals surface area contributed by atoms with Gasteiger partial charge in [0.15, 0.2) is 0 Å². The van der Waals surface area contributed by atoms with E-state index in [2.05, 4.69) is 47.8 Å². The number of benzene rings is 2. The Morgan fingerprint density at radius 2 is 2.00 bits per heavy atom. The Balaban J connectivity index is 1.94. The van der Waals surface area contributed by atoms with Crippen LogP contribution in [0.4, 0.5) is 0 Å². The van der Waals surface area contributed by atoms with Gasteiger partial charge < -0.3 is 5.32 Å². The van der Waals surface area contributed by atoms with Gasteiger partial charge in [-0.2, -0.15) is 5.26 Å². The molecule has 1 N–H and O–H groups in total. The predicted molar refractivity (Wildman–Crippen MR) is 80.4 cm³/mol. The molecule has 100 valence electrons. The molecule has 0 fully saturated rings. The van der Waals surface area contributed by atoms with Crippen LogP contribution >= 0.6 is 0 Å². The van der Waals surface area contributed by atoms with E-state index in [1.54, 1.807) is 0 Å². The molecule has 2 heteroatoms. The van der Waals surface area contributed by atoms with Crippen molar-refractivity contribution < 1.29 is 0 Å². The summed E-state index contributed by atoms with van der Waals surface area (Å²) in [5.74, 6) is 0. The average Bonchev–Trinajstić information content (AvgIpc) is 2.70. The summed E-state index contributed by atoms with van der Waals surface area (Å²) in [4.78, 5) is 0. The second kappa shape index (κ2) is 5.90. The Hall–Kier alpha value is -2.11. The van der Waals surface area contributed by atoms with E-state index < -0.39 is 0 Å². The molecule has 1 atom stereocenters. The standard InChI is InChI=1S/C18H18N2/c19-13-15-8-9-16-7-4-10-20-18(17(16)11-15)12-14-5-2-1-3-6-14/h1-3,5-6,8-9,11,18,20H,4,7,10,12H2. The molecule has 0 radical (unpaired) electrons. The molecule has 1 heterocycles. The molecule has 2 aromatic carbocycles. The Kier molecular flexibility index (Phi) is 3.80. The fourth-order valence-electron chi connectivity index (χ4n) is 2.91. The topological polar surface area (TPSA) is 35.8 Å². The van der Waals surface area contributed by atoms with E-state index in [0.29, 0.717) is 6.04 Å². The maximum atomic E-state index is 9.12. The highest BCUT2D eigenvalue weighted by Gasteiger charge is 2.18. The minimum Gasteiger partial charge on any atom is -0.310 e. The van der Waals surface area contributed by atoms with Crippen LogP contribution in [0.3, 0.4) is 0 Å². The van der Waals surface area contributed by atoms with Crippen molar-refractivity contribution in [3.05, 3.63) is 70.8 Å². The summed E-state index contributed by atoms with van der Waals surface area (Å²) in [6.45, 7) is 1.04. The molecular formula is C18H18N2. The lowest BCUT2D eigenvalue weighted by Gasteiger charge is -2.19. The molecular weight excluding hydrogens is 244 g/mol. The van der Waals surface area contributed by atoms with Crippen molar-refractivity contribution in [1.29, 1.82) is 5.26 Å². The number of hydrogen-bond donors (Lipinski definition) is 1. The molecule has 1 unspecified atom stereocenters. The summed E-state index contributed by atoms with van der Waals surface area (Å²) in [5, 5.41) is 12.7. The summed E-state index contributed by atoms with van der Waals surface area (Å²) < 4.78 is 0. The molecule has 1 aliphatic heterocycles. The molecule has 2 aromatic rings. The van der Waals surface area contributed by atoms with Crippen LogP contribution in [0.5, 0.6) is 0 Å². The largest absolute Gasteiger partial charge is 0.310 e. The van der Waals surface area contributed by atoms with Crippen LogP contribution in [0.25, 0.3) is 0 Å². The Morgan fingerprint density at radius 3 is 2.80 bits per heavy atom. The van der Waals surface area contributed by atoms with Gasteiger partial charge in [-0.1, -0.05) is 36.4 Å². The Bertz CT molecular complexity index is 626. The zero-order valence-corrected chi connectivity index (χ0v) is 11.5. The van der Waals surface area contributed by atoms with Gasteiger partial charge in [-0.05, 0) is 54.6 Å². The van der Waals surface area contributed by atoms with E-state index in [-0.39, 0.29) is 0 Å². The quantitative estimate of drug-likeness (QED) is 0.900. The molecule has 2 nitrogen and oxygen atoms in total. The van der Waals surface area contributed by atoms with Crippen LogP contribution < -0.4 is 5.32 Å². The van der Waals surface area contributed by atoms with E-state index >= 15 is 0 Å². The van der Waals surface area contributed by atoms with Gasteiger partial charge in [0.1, 0.15) is 0 Å². The van der Waals surface area contributed by atoms with Crippen molar-refractivity contribution in [3.63, 3.8) is 0 Å². The van der Waals surface area contributed by atoms with E-state index in [1.165, 1.54) is 16.7 Å². The zero-order chi connectivity index (χ0) is 13.8. The van der Waals surface area contributed by atoms with Crippen LogP contribution in [0.15, 0.2) is 48.5 Å². The SMILES string of the molecule is N#Cc1ccc2c(c1)C(Cc1ccccc1)NCCC2. The molecule has 3 rings (SSSR count). The summed E-state index contributed by atoms with van der Waals surface area (Å²) in [7, 11) is 0. The Morgan fingerprint density at radius 1 is 1.15 bits per heavy atom. The first-order valence-corrected chi connectivity index (χ1v) is 7.17. The Labute approximate surface area is 120 Å². The zero-order valence-electron chi connectivity index (χ0n) is 11.5. The van der Waals surface area contributed by atoms with Crippen LogP contribution in [-0.2, 0) is 12.8 Å².